The summed E-state index contributed by atoms with van der Waals surface area (Å²) in [5.41, 5.74) is 1.90. The Hall–Kier alpha value is -2.07. The second-order valence-electron chi connectivity index (χ2n) is 5.40. The predicted octanol–water partition coefficient (Wildman–Crippen LogP) is 4.84. The minimum absolute atomic E-state index is 0.0210. The van der Waals surface area contributed by atoms with Gasteiger partial charge in [0, 0.05) is 12.2 Å². The number of hydrogen-bond donors (Lipinski definition) is 2. The lowest BCUT2D eigenvalue weighted by Crippen LogP contribution is -2.09. The first-order valence-corrected chi connectivity index (χ1v) is 8.02. The third kappa shape index (κ3) is 4.96. The van der Waals surface area contributed by atoms with E-state index in [0.29, 0.717) is 29.7 Å². The first-order chi connectivity index (χ1) is 11.0. The van der Waals surface area contributed by atoms with Gasteiger partial charge >= 0.3 is 0 Å². The number of anilines is 1. The van der Waals surface area contributed by atoms with Gasteiger partial charge < -0.3 is 19.9 Å². The summed E-state index contributed by atoms with van der Waals surface area (Å²) in [4.78, 5) is 0. The molecule has 2 aromatic carbocycles. The molecule has 0 bridgehead atoms. The van der Waals surface area contributed by atoms with Crippen molar-refractivity contribution in [3.63, 3.8) is 0 Å². The van der Waals surface area contributed by atoms with Gasteiger partial charge in [0.15, 0.2) is 11.5 Å². The second kappa shape index (κ2) is 7.97. The molecule has 23 heavy (non-hydrogen) atoms. The first kappa shape index (κ1) is 17.3. The van der Waals surface area contributed by atoms with Crippen molar-refractivity contribution in [1.29, 1.82) is 0 Å². The van der Waals surface area contributed by atoms with E-state index in [9.17, 15) is 5.11 Å². The number of phenolic OH excluding ortho intramolecular Hbond substituents is 1. The fourth-order valence-corrected chi connectivity index (χ4v) is 2.40. The molecule has 0 aliphatic heterocycles. The molecule has 0 aliphatic rings. The molecular weight excluding hydrogens is 314 g/mol. The Bertz CT molecular complexity index is 641. The number of nitrogens with one attached hydrogen (secondary N) is 1. The smallest absolute Gasteiger partial charge is 0.180 e. The van der Waals surface area contributed by atoms with Crippen LogP contribution in [0, 0.1) is 0 Å². The van der Waals surface area contributed by atoms with Gasteiger partial charge in [0.2, 0.25) is 0 Å². The molecule has 0 spiro atoms. The molecule has 0 fully saturated rings. The fraction of sp³-hybridized carbons (Fsp3) is 0.333. The van der Waals surface area contributed by atoms with Gasteiger partial charge in [0.1, 0.15) is 5.75 Å². The van der Waals surface area contributed by atoms with Crippen LogP contribution in [0.2, 0.25) is 5.02 Å². The molecular formula is C18H22ClNO3. The molecule has 0 atom stereocenters. The number of aromatic hydroxyl groups is 1. The molecule has 0 unspecified atom stereocenters. The van der Waals surface area contributed by atoms with Gasteiger partial charge in [0.25, 0.3) is 0 Å². The molecule has 0 amide bonds. The predicted molar refractivity (Wildman–Crippen MR) is 93.8 cm³/mol. The summed E-state index contributed by atoms with van der Waals surface area (Å²) >= 11 is 6.35. The topological polar surface area (TPSA) is 50.7 Å². The third-order valence-electron chi connectivity index (χ3n) is 3.09. The van der Waals surface area contributed by atoms with E-state index < -0.39 is 0 Å². The van der Waals surface area contributed by atoms with Crippen LogP contribution in [0.1, 0.15) is 26.3 Å². The van der Waals surface area contributed by atoms with Crippen LogP contribution in [0.4, 0.5) is 5.69 Å². The first-order valence-electron chi connectivity index (χ1n) is 7.64. The Morgan fingerprint density at radius 1 is 1.17 bits per heavy atom. The summed E-state index contributed by atoms with van der Waals surface area (Å²) in [5, 5.41) is 13.1. The highest BCUT2D eigenvalue weighted by atomic mass is 35.5. The van der Waals surface area contributed by atoms with E-state index in [0.717, 1.165) is 11.3 Å². The van der Waals surface area contributed by atoms with Crippen molar-refractivity contribution in [3.8, 4) is 17.2 Å². The van der Waals surface area contributed by atoms with Crippen molar-refractivity contribution >= 4 is 17.3 Å². The lowest BCUT2D eigenvalue weighted by atomic mass is 10.2. The fourth-order valence-electron chi connectivity index (χ4n) is 2.12. The summed E-state index contributed by atoms with van der Waals surface area (Å²) in [7, 11) is 0. The average molecular weight is 336 g/mol. The van der Waals surface area contributed by atoms with Crippen LogP contribution in [0.5, 0.6) is 17.2 Å². The highest BCUT2D eigenvalue weighted by molar-refractivity contribution is 6.32. The van der Waals surface area contributed by atoms with Crippen molar-refractivity contribution < 1.29 is 14.6 Å². The standard InChI is InChI=1S/C18H22ClNO3/c1-4-22-17-10-13(9-16(19)18(17)23-12(2)3)11-20-14-5-7-15(21)8-6-14/h5-10,12,20-21H,4,11H2,1-3H3. The van der Waals surface area contributed by atoms with Crippen LogP contribution >= 0.6 is 11.6 Å². The van der Waals surface area contributed by atoms with Gasteiger partial charge in [-0.05, 0) is 62.7 Å². The maximum Gasteiger partial charge on any atom is 0.180 e. The van der Waals surface area contributed by atoms with Crippen molar-refractivity contribution in [1.82, 2.24) is 0 Å². The summed E-state index contributed by atoms with van der Waals surface area (Å²) in [6.45, 7) is 6.96. The molecule has 4 nitrogen and oxygen atoms in total. The van der Waals surface area contributed by atoms with Gasteiger partial charge in [-0.3, -0.25) is 0 Å². The Morgan fingerprint density at radius 2 is 1.87 bits per heavy atom. The third-order valence-corrected chi connectivity index (χ3v) is 3.37. The zero-order valence-electron chi connectivity index (χ0n) is 13.6. The largest absolute Gasteiger partial charge is 0.508 e. The Balaban J connectivity index is 2.17. The van der Waals surface area contributed by atoms with E-state index >= 15 is 0 Å². The van der Waals surface area contributed by atoms with Crippen LogP contribution in [0.15, 0.2) is 36.4 Å². The second-order valence-corrected chi connectivity index (χ2v) is 5.81. The Labute approximate surface area is 142 Å². The normalized spacial score (nSPS) is 10.7. The molecule has 0 saturated heterocycles. The molecule has 124 valence electrons. The van der Waals surface area contributed by atoms with Crippen LogP contribution in [-0.2, 0) is 6.54 Å². The number of phenols is 1. The zero-order chi connectivity index (χ0) is 16.8. The van der Waals surface area contributed by atoms with Crippen molar-refractivity contribution in [2.24, 2.45) is 0 Å². The number of rotatable bonds is 7. The molecule has 2 N–H and O–H groups in total. The number of halogens is 1. The molecule has 0 heterocycles. The zero-order valence-corrected chi connectivity index (χ0v) is 14.4. The van der Waals surface area contributed by atoms with E-state index in [4.69, 9.17) is 21.1 Å². The molecule has 0 aromatic heterocycles. The van der Waals surface area contributed by atoms with Crippen LogP contribution < -0.4 is 14.8 Å². The molecule has 2 rings (SSSR count). The van der Waals surface area contributed by atoms with E-state index in [1.807, 2.05) is 45.0 Å². The molecule has 0 saturated carbocycles. The van der Waals surface area contributed by atoms with Crippen molar-refractivity contribution in [2.75, 3.05) is 11.9 Å². The van der Waals surface area contributed by atoms with Gasteiger partial charge in [-0.2, -0.15) is 0 Å². The van der Waals surface area contributed by atoms with Gasteiger partial charge in [-0.15, -0.1) is 0 Å². The average Bonchev–Trinajstić information content (AvgIpc) is 2.50. The molecule has 2 aromatic rings. The van der Waals surface area contributed by atoms with Crippen LogP contribution in [-0.4, -0.2) is 17.8 Å². The van der Waals surface area contributed by atoms with Gasteiger partial charge in [-0.1, -0.05) is 11.6 Å². The molecule has 5 heteroatoms. The minimum Gasteiger partial charge on any atom is -0.508 e. The highest BCUT2D eigenvalue weighted by Crippen LogP contribution is 2.37. The van der Waals surface area contributed by atoms with Crippen LogP contribution in [0.25, 0.3) is 0 Å². The van der Waals surface area contributed by atoms with Crippen molar-refractivity contribution in [2.45, 2.75) is 33.4 Å². The molecule has 0 aliphatic carbocycles. The lowest BCUT2D eigenvalue weighted by Gasteiger charge is -2.17. The quantitative estimate of drug-likeness (QED) is 0.710. The lowest BCUT2D eigenvalue weighted by molar-refractivity contribution is 0.224. The summed E-state index contributed by atoms with van der Waals surface area (Å²) in [5.74, 6) is 1.47. The number of hydrogen-bond acceptors (Lipinski definition) is 4. The maximum atomic E-state index is 9.30. The molecule has 0 radical (unpaired) electrons. The van der Waals surface area contributed by atoms with Gasteiger partial charge in [0.05, 0.1) is 17.7 Å². The van der Waals surface area contributed by atoms with E-state index in [1.54, 1.807) is 12.1 Å². The maximum absolute atomic E-state index is 9.30. The monoisotopic (exact) mass is 335 g/mol. The Kier molecular flexibility index (Phi) is 5.99. The SMILES string of the molecule is CCOc1cc(CNc2ccc(O)cc2)cc(Cl)c1OC(C)C. The van der Waals surface area contributed by atoms with E-state index in [-0.39, 0.29) is 11.9 Å². The van der Waals surface area contributed by atoms with E-state index in [2.05, 4.69) is 5.32 Å². The summed E-state index contributed by atoms with van der Waals surface area (Å²) in [6.07, 6.45) is 0.0210. The summed E-state index contributed by atoms with van der Waals surface area (Å²) in [6, 6.07) is 10.7. The highest BCUT2D eigenvalue weighted by Gasteiger charge is 2.14. The van der Waals surface area contributed by atoms with E-state index in [1.165, 1.54) is 0 Å². The van der Waals surface area contributed by atoms with Crippen LogP contribution in [0.3, 0.4) is 0 Å². The summed E-state index contributed by atoms with van der Waals surface area (Å²) < 4.78 is 11.4. The number of benzene rings is 2. The van der Waals surface area contributed by atoms with Crippen molar-refractivity contribution in [3.05, 3.63) is 47.0 Å². The van der Waals surface area contributed by atoms with Gasteiger partial charge in [-0.25, -0.2) is 0 Å². The number of ether oxygens (including phenoxy) is 2. The Morgan fingerprint density at radius 3 is 2.48 bits per heavy atom. The minimum atomic E-state index is 0.0210.